The maximum absolute atomic E-state index is 12.4. The van der Waals surface area contributed by atoms with E-state index in [1.807, 2.05) is 0 Å². The van der Waals surface area contributed by atoms with Gasteiger partial charge in [-0.2, -0.15) is 13.2 Å². The van der Waals surface area contributed by atoms with Crippen molar-refractivity contribution >= 4 is 5.78 Å². The highest BCUT2D eigenvalue weighted by Crippen LogP contribution is 2.34. The van der Waals surface area contributed by atoms with Crippen LogP contribution in [0, 0.1) is 0 Å². The van der Waals surface area contributed by atoms with Crippen molar-refractivity contribution in [3.05, 3.63) is 29.1 Å². The number of carbonyl (C=O) groups is 1. The Morgan fingerprint density at radius 2 is 2.00 bits per heavy atom. The summed E-state index contributed by atoms with van der Waals surface area (Å²) < 4.78 is 37.2. The summed E-state index contributed by atoms with van der Waals surface area (Å²) in [6.07, 6.45) is -2.89. The van der Waals surface area contributed by atoms with Crippen LogP contribution in [0.5, 0.6) is 0 Å². The molecule has 0 saturated heterocycles. The van der Waals surface area contributed by atoms with Crippen LogP contribution in [0.15, 0.2) is 12.3 Å². The minimum Gasteiger partial charge on any atom is -0.294 e. The zero-order chi connectivity index (χ0) is 10.3. The van der Waals surface area contributed by atoms with E-state index in [0.717, 1.165) is 6.20 Å². The van der Waals surface area contributed by atoms with Crippen LogP contribution in [0.25, 0.3) is 0 Å². The number of nitrogens with zero attached hydrogens (tertiary/aromatic N) is 1. The zero-order valence-electron chi connectivity index (χ0n) is 7.06. The lowest BCUT2D eigenvalue weighted by Crippen LogP contribution is -2.13. The number of Topliss-reactive ketones (excluding diaryl/α,β-unsaturated/α-hetero) is 1. The second kappa shape index (κ2) is 2.80. The van der Waals surface area contributed by atoms with Crippen molar-refractivity contribution in [2.45, 2.75) is 19.0 Å². The molecule has 0 saturated carbocycles. The summed E-state index contributed by atoms with van der Waals surface area (Å²) in [6.45, 7) is 0. The molecule has 0 spiro atoms. The highest BCUT2D eigenvalue weighted by molar-refractivity contribution is 6.01. The highest BCUT2D eigenvalue weighted by atomic mass is 19.4. The fourth-order valence-electron chi connectivity index (χ4n) is 1.61. The van der Waals surface area contributed by atoms with Crippen LogP contribution >= 0.6 is 0 Å². The van der Waals surface area contributed by atoms with E-state index in [-0.39, 0.29) is 12.0 Å². The molecule has 0 radical (unpaired) electrons. The Morgan fingerprint density at radius 1 is 1.29 bits per heavy atom. The van der Waals surface area contributed by atoms with Crippen LogP contribution in [0.1, 0.15) is 28.0 Å². The van der Waals surface area contributed by atoms with Crippen LogP contribution in [-0.4, -0.2) is 10.8 Å². The molecular formula is C9H6F3NO. The van der Waals surface area contributed by atoms with E-state index >= 15 is 0 Å². The highest BCUT2D eigenvalue weighted by Gasteiger charge is 2.39. The van der Waals surface area contributed by atoms with Gasteiger partial charge in [0.2, 0.25) is 0 Å². The van der Waals surface area contributed by atoms with E-state index in [9.17, 15) is 18.0 Å². The van der Waals surface area contributed by atoms with E-state index in [4.69, 9.17) is 0 Å². The van der Waals surface area contributed by atoms with Gasteiger partial charge in [0.1, 0.15) is 0 Å². The SMILES string of the molecule is O=C1CCc2ccnc(C(F)(F)F)c21. The predicted octanol–water partition coefficient (Wildman–Crippen LogP) is 2.23. The van der Waals surface area contributed by atoms with Crippen molar-refractivity contribution in [3.8, 4) is 0 Å². The van der Waals surface area contributed by atoms with Gasteiger partial charge >= 0.3 is 6.18 Å². The van der Waals surface area contributed by atoms with Crippen molar-refractivity contribution in [1.29, 1.82) is 0 Å². The smallest absolute Gasteiger partial charge is 0.294 e. The Hall–Kier alpha value is -1.39. The lowest BCUT2D eigenvalue weighted by Gasteiger charge is -2.08. The Balaban J connectivity index is 2.64. The number of carbonyl (C=O) groups excluding carboxylic acids is 1. The molecule has 1 aliphatic carbocycles. The molecule has 1 heterocycles. The number of ketones is 1. The van der Waals surface area contributed by atoms with Crippen molar-refractivity contribution < 1.29 is 18.0 Å². The van der Waals surface area contributed by atoms with Crippen LogP contribution in [0.3, 0.4) is 0 Å². The summed E-state index contributed by atoms with van der Waals surface area (Å²) in [5, 5.41) is 0. The van der Waals surface area contributed by atoms with Crippen molar-refractivity contribution in [1.82, 2.24) is 4.98 Å². The lowest BCUT2D eigenvalue weighted by molar-refractivity contribution is -0.141. The molecule has 0 fully saturated rings. The normalized spacial score (nSPS) is 15.8. The number of aromatic nitrogens is 1. The first-order valence-corrected chi connectivity index (χ1v) is 4.08. The molecule has 0 aliphatic heterocycles. The maximum Gasteiger partial charge on any atom is 0.434 e. The van der Waals surface area contributed by atoms with Crippen LogP contribution in [0.4, 0.5) is 13.2 Å². The third kappa shape index (κ3) is 1.29. The maximum atomic E-state index is 12.4. The topological polar surface area (TPSA) is 30.0 Å². The second-order valence-corrected chi connectivity index (χ2v) is 3.11. The Bertz CT molecular complexity index is 398. The molecular weight excluding hydrogens is 195 g/mol. The van der Waals surface area contributed by atoms with E-state index in [2.05, 4.69) is 4.98 Å². The summed E-state index contributed by atoms with van der Waals surface area (Å²) in [5.74, 6) is -0.458. The molecule has 0 atom stereocenters. The largest absolute Gasteiger partial charge is 0.434 e. The number of pyridine rings is 1. The van der Waals surface area contributed by atoms with Crippen LogP contribution in [0.2, 0.25) is 0 Å². The monoisotopic (exact) mass is 201 g/mol. The molecule has 0 N–H and O–H groups in total. The van der Waals surface area contributed by atoms with E-state index in [1.165, 1.54) is 6.07 Å². The van der Waals surface area contributed by atoms with Gasteiger partial charge in [-0.15, -0.1) is 0 Å². The number of hydrogen-bond donors (Lipinski definition) is 0. The van der Waals surface area contributed by atoms with Gasteiger partial charge in [-0.25, -0.2) is 0 Å². The minimum absolute atomic E-state index is 0.157. The molecule has 0 aromatic carbocycles. The first kappa shape index (κ1) is 9.18. The third-order valence-corrected chi connectivity index (χ3v) is 2.21. The zero-order valence-corrected chi connectivity index (χ0v) is 7.06. The molecule has 0 unspecified atom stereocenters. The first-order valence-electron chi connectivity index (χ1n) is 4.08. The average Bonchev–Trinajstić information content (AvgIpc) is 2.46. The van der Waals surface area contributed by atoms with Crippen molar-refractivity contribution in [2.75, 3.05) is 0 Å². The summed E-state index contributed by atoms with van der Waals surface area (Å²) in [5.41, 5.74) is -0.824. The fraction of sp³-hybridized carbons (Fsp3) is 0.333. The van der Waals surface area contributed by atoms with Gasteiger partial charge in [0, 0.05) is 12.6 Å². The number of alkyl halides is 3. The van der Waals surface area contributed by atoms with Gasteiger partial charge in [-0.3, -0.25) is 9.78 Å². The number of aryl methyl sites for hydroxylation is 1. The summed E-state index contributed by atoms with van der Waals surface area (Å²) in [4.78, 5) is 14.4. The molecule has 0 bridgehead atoms. The van der Waals surface area contributed by atoms with E-state index in [0.29, 0.717) is 12.0 Å². The van der Waals surface area contributed by atoms with Crippen LogP contribution < -0.4 is 0 Å². The Labute approximate surface area is 77.8 Å². The summed E-state index contributed by atoms with van der Waals surface area (Å²) >= 11 is 0. The standard InChI is InChI=1S/C9H6F3NO/c10-9(11,12)8-7-5(3-4-13-8)1-2-6(7)14/h3-4H,1-2H2. The Kier molecular flexibility index (Phi) is 1.83. The third-order valence-electron chi connectivity index (χ3n) is 2.21. The van der Waals surface area contributed by atoms with Crippen LogP contribution in [-0.2, 0) is 12.6 Å². The molecule has 5 heteroatoms. The van der Waals surface area contributed by atoms with Gasteiger partial charge in [0.25, 0.3) is 0 Å². The van der Waals surface area contributed by atoms with Gasteiger partial charge in [-0.05, 0) is 18.1 Å². The molecule has 74 valence electrons. The fourth-order valence-corrected chi connectivity index (χ4v) is 1.61. The molecule has 1 aromatic rings. The molecule has 14 heavy (non-hydrogen) atoms. The quantitative estimate of drug-likeness (QED) is 0.644. The summed E-state index contributed by atoms with van der Waals surface area (Å²) in [7, 11) is 0. The Morgan fingerprint density at radius 3 is 2.64 bits per heavy atom. The molecule has 1 aromatic heterocycles. The van der Waals surface area contributed by atoms with Gasteiger partial charge in [0.15, 0.2) is 11.5 Å². The first-order chi connectivity index (χ1) is 6.50. The number of halogens is 3. The molecule has 0 amide bonds. The van der Waals surface area contributed by atoms with Gasteiger partial charge in [0.05, 0.1) is 5.56 Å². The predicted molar refractivity (Wildman–Crippen MR) is 41.9 cm³/mol. The second-order valence-electron chi connectivity index (χ2n) is 3.11. The van der Waals surface area contributed by atoms with E-state index in [1.54, 1.807) is 0 Å². The van der Waals surface area contributed by atoms with Crippen molar-refractivity contribution in [3.63, 3.8) is 0 Å². The van der Waals surface area contributed by atoms with Gasteiger partial charge < -0.3 is 0 Å². The average molecular weight is 201 g/mol. The number of fused-ring (bicyclic) bond motifs is 1. The lowest BCUT2D eigenvalue weighted by atomic mass is 10.1. The van der Waals surface area contributed by atoms with E-state index < -0.39 is 17.7 Å². The minimum atomic E-state index is -4.54. The van der Waals surface area contributed by atoms with Crippen molar-refractivity contribution in [2.24, 2.45) is 0 Å². The number of rotatable bonds is 0. The molecule has 2 rings (SSSR count). The molecule has 1 aliphatic rings. The summed E-state index contributed by atoms with van der Waals surface area (Å²) in [6, 6.07) is 1.47. The van der Waals surface area contributed by atoms with Gasteiger partial charge in [-0.1, -0.05) is 0 Å². The molecule has 2 nitrogen and oxygen atoms in total. The number of hydrogen-bond acceptors (Lipinski definition) is 2.